The summed E-state index contributed by atoms with van der Waals surface area (Å²) in [5.74, 6) is -0.883. The number of carbonyl (C=O) groups is 2. The Hall–Kier alpha value is -2.12. The molecule has 0 atom stereocenters. The second-order valence-electron chi connectivity index (χ2n) is 4.66. The number of phenolic OH excluding ortho intramolecular Hbond substituents is 1. The number of hydrogen-bond donors (Lipinski definition) is 2. The fourth-order valence-corrected chi connectivity index (χ4v) is 2.03. The summed E-state index contributed by atoms with van der Waals surface area (Å²) in [6.45, 7) is 2.82. The van der Waals surface area contributed by atoms with Gasteiger partial charge in [0.15, 0.2) is 0 Å². The van der Waals surface area contributed by atoms with Crippen molar-refractivity contribution in [1.82, 2.24) is 4.90 Å². The molecule has 0 bridgehead atoms. The minimum atomic E-state index is -0.529. The molecule has 21 heavy (non-hydrogen) atoms. The molecule has 0 saturated carbocycles. The third kappa shape index (κ3) is 4.17. The van der Waals surface area contributed by atoms with Gasteiger partial charge < -0.3 is 19.9 Å². The van der Waals surface area contributed by atoms with Crippen LogP contribution < -0.4 is 5.32 Å². The molecule has 0 unspecified atom stereocenters. The smallest absolute Gasteiger partial charge is 0.337 e. The molecule has 1 aliphatic rings. The van der Waals surface area contributed by atoms with E-state index in [9.17, 15) is 14.7 Å². The molecule has 7 heteroatoms. The SMILES string of the molecule is COC(=O)c1ccc(O)c(NC(=O)CN2CCOCC2)c1. The molecule has 1 heterocycles. The van der Waals surface area contributed by atoms with Gasteiger partial charge in [0.25, 0.3) is 0 Å². The van der Waals surface area contributed by atoms with Gasteiger partial charge in [-0.2, -0.15) is 0 Å². The first kappa shape index (κ1) is 15.3. The Morgan fingerprint density at radius 2 is 2.10 bits per heavy atom. The van der Waals surface area contributed by atoms with Gasteiger partial charge >= 0.3 is 5.97 Å². The Morgan fingerprint density at radius 1 is 1.38 bits per heavy atom. The van der Waals surface area contributed by atoms with Crippen molar-refractivity contribution >= 4 is 17.6 Å². The molecule has 1 saturated heterocycles. The lowest BCUT2D eigenvalue weighted by Gasteiger charge is -2.25. The summed E-state index contributed by atoms with van der Waals surface area (Å²) >= 11 is 0. The summed E-state index contributed by atoms with van der Waals surface area (Å²) in [6, 6.07) is 4.16. The molecule has 0 spiro atoms. The zero-order valence-corrected chi connectivity index (χ0v) is 11.8. The number of morpholine rings is 1. The lowest BCUT2D eigenvalue weighted by Crippen LogP contribution is -2.41. The number of methoxy groups -OCH3 is 1. The van der Waals surface area contributed by atoms with Gasteiger partial charge in [0.2, 0.25) is 5.91 Å². The third-order valence-corrected chi connectivity index (χ3v) is 3.16. The average molecular weight is 294 g/mol. The van der Waals surface area contributed by atoms with Crippen LogP contribution in [-0.2, 0) is 14.3 Å². The second-order valence-corrected chi connectivity index (χ2v) is 4.66. The molecule has 0 aliphatic carbocycles. The van der Waals surface area contributed by atoms with Crippen molar-refractivity contribution in [1.29, 1.82) is 0 Å². The predicted molar refractivity (Wildman–Crippen MR) is 75.3 cm³/mol. The molecule has 2 rings (SSSR count). The number of hydrogen-bond acceptors (Lipinski definition) is 6. The summed E-state index contributed by atoms with van der Waals surface area (Å²) < 4.78 is 9.81. The summed E-state index contributed by atoms with van der Waals surface area (Å²) in [7, 11) is 1.27. The van der Waals surface area contributed by atoms with E-state index in [1.54, 1.807) is 0 Å². The Bertz CT molecular complexity index is 526. The van der Waals surface area contributed by atoms with Crippen molar-refractivity contribution in [3.05, 3.63) is 23.8 Å². The molecule has 0 radical (unpaired) electrons. The van der Waals surface area contributed by atoms with E-state index in [-0.39, 0.29) is 29.5 Å². The third-order valence-electron chi connectivity index (χ3n) is 3.16. The Balaban J connectivity index is 2.00. The number of aromatic hydroxyl groups is 1. The van der Waals surface area contributed by atoms with Crippen molar-refractivity contribution in [3.63, 3.8) is 0 Å². The number of rotatable bonds is 4. The number of carbonyl (C=O) groups excluding carboxylic acids is 2. The number of nitrogens with zero attached hydrogens (tertiary/aromatic N) is 1. The lowest BCUT2D eigenvalue weighted by molar-refractivity contribution is -0.118. The molecule has 1 amide bonds. The molecule has 1 aromatic carbocycles. The van der Waals surface area contributed by atoms with Gasteiger partial charge in [-0.25, -0.2) is 4.79 Å². The number of nitrogens with one attached hydrogen (secondary N) is 1. The number of anilines is 1. The van der Waals surface area contributed by atoms with Crippen LogP contribution >= 0.6 is 0 Å². The van der Waals surface area contributed by atoms with Crippen molar-refractivity contribution in [2.24, 2.45) is 0 Å². The molecule has 0 aromatic heterocycles. The van der Waals surface area contributed by atoms with E-state index in [1.165, 1.54) is 25.3 Å². The highest BCUT2D eigenvalue weighted by Gasteiger charge is 2.16. The van der Waals surface area contributed by atoms with E-state index >= 15 is 0 Å². The van der Waals surface area contributed by atoms with Crippen LogP contribution in [-0.4, -0.2) is 61.8 Å². The van der Waals surface area contributed by atoms with Crippen LogP contribution in [0.3, 0.4) is 0 Å². The van der Waals surface area contributed by atoms with Crippen LogP contribution in [0.4, 0.5) is 5.69 Å². The highest BCUT2D eigenvalue weighted by Crippen LogP contribution is 2.24. The highest BCUT2D eigenvalue weighted by atomic mass is 16.5. The first-order valence-electron chi connectivity index (χ1n) is 6.61. The first-order chi connectivity index (χ1) is 10.1. The number of phenols is 1. The second kappa shape index (κ2) is 7.05. The largest absolute Gasteiger partial charge is 0.506 e. The van der Waals surface area contributed by atoms with Crippen LogP contribution in [0.25, 0.3) is 0 Å². The van der Waals surface area contributed by atoms with Crippen molar-refractivity contribution in [2.45, 2.75) is 0 Å². The number of benzene rings is 1. The Labute approximate surface area is 122 Å². The van der Waals surface area contributed by atoms with E-state index < -0.39 is 5.97 Å². The predicted octanol–water partition coefficient (Wildman–Crippen LogP) is 0.449. The summed E-state index contributed by atoms with van der Waals surface area (Å²) in [5.41, 5.74) is 0.452. The minimum absolute atomic E-state index is 0.0991. The fourth-order valence-electron chi connectivity index (χ4n) is 2.03. The van der Waals surface area contributed by atoms with E-state index in [1.807, 2.05) is 4.90 Å². The molecular weight excluding hydrogens is 276 g/mol. The van der Waals surface area contributed by atoms with E-state index in [4.69, 9.17) is 4.74 Å². The Kier molecular flexibility index (Phi) is 5.13. The van der Waals surface area contributed by atoms with Gasteiger partial charge in [-0.1, -0.05) is 0 Å². The highest BCUT2D eigenvalue weighted by molar-refractivity contribution is 5.96. The molecule has 7 nitrogen and oxygen atoms in total. The maximum Gasteiger partial charge on any atom is 0.337 e. The molecule has 1 aliphatic heterocycles. The summed E-state index contributed by atoms with van der Waals surface area (Å²) in [5, 5.41) is 12.3. The van der Waals surface area contributed by atoms with Gasteiger partial charge in [0.05, 0.1) is 38.1 Å². The number of esters is 1. The molecule has 2 N–H and O–H groups in total. The van der Waals surface area contributed by atoms with Gasteiger partial charge in [-0.15, -0.1) is 0 Å². The van der Waals surface area contributed by atoms with Crippen LogP contribution in [0, 0.1) is 0 Å². The van der Waals surface area contributed by atoms with Crippen LogP contribution in [0.1, 0.15) is 10.4 Å². The molecule has 1 aromatic rings. The zero-order chi connectivity index (χ0) is 15.2. The van der Waals surface area contributed by atoms with Crippen molar-refractivity contribution < 1.29 is 24.2 Å². The maximum atomic E-state index is 12.0. The van der Waals surface area contributed by atoms with E-state index in [0.29, 0.717) is 26.3 Å². The average Bonchev–Trinajstić information content (AvgIpc) is 2.49. The molecular formula is C14H18N2O5. The van der Waals surface area contributed by atoms with Crippen LogP contribution in [0.5, 0.6) is 5.75 Å². The van der Waals surface area contributed by atoms with Crippen molar-refractivity contribution in [2.75, 3.05) is 45.3 Å². The minimum Gasteiger partial charge on any atom is -0.506 e. The zero-order valence-electron chi connectivity index (χ0n) is 11.8. The topological polar surface area (TPSA) is 88.1 Å². The van der Waals surface area contributed by atoms with Gasteiger partial charge in [-0.3, -0.25) is 9.69 Å². The molecule has 114 valence electrons. The van der Waals surface area contributed by atoms with Gasteiger partial charge in [0, 0.05) is 13.1 Å². The fraction of sp³-hybridized carbons (Fsp3) is 0.429. The van der Waals surface area contributed by atoms with Crippen LogP contribution in [0.2, 0.25) is 0 Å². The van der Waals surface area contributed by atoms with E-state index in [0.717, 1.165) is 0 Å². The normalized spacial score (nSPS) is 15.5. The van der Waals surface area contributed by atoms with E-state index in [2.05, 4.69) is 10.1 Å². The first-order valence-corrected chi connectivity index (χ1v) is 6.61. The quantitative estimate of drug-likeness (QED) is 0.619. The van der Waals surface area contributed by atoms with Crippen LogP contribution in [0.15, 0.2) is 18.2 Å². The monoisotopic (exact) mass is 294 g/mol. The lowest BCUT2D eigenvalue weighted by atomic mass is 10.2. The Morgan fingerprint density at radius 3 is 2.76 bits per heavy atom. The number of ether oxygens (including phenoxy) is 2. The van der Waals surface area contributed by atoms with Crippen molar-refractivity contribution in [3.8, 4) is 5.75 Å². The molecule has 1 fully saturated rings. The summed E-state index contributed by atoms with van der Waals surface area (Å²) in [6.07, 6.45) is 0. The van der Waals surface area contributed by atoms with Gasteiger partial charge in [0.1, 0.15) is 5.75 Å². The number of amides is 1. The summed E-state index contributed by atoms with van der Waals surface area (Å²) in [4.78, 5) is 25.4. The van der Waals surface area contributed by atoms with Gasteiger partial charge in [-0.05, 0) is 18.2 Å². The standard InChI is InChI=1S/C14H18N2O5/c1-20-14(19)10-2-3-12(17)11(8-10)15-13(18)9-16-4-6-21-7-5-16/h2-3,8,17H,4-7,9H2,1H3,(H,15,18). The maximum absolute atomic E-state index is 12.0.